The molecule has 1 fully saturated rings. The van der Waals surface area contributed by atoms with Crippen LogP contribution in [0.25, 0.3) is 5.78 Å². The van der Waals surface area contributed by atoms with E-state index in [0.717, 1.165) is 23.4 Å². The summed E-state index contributed by atoms with van der Waals surface area (Å²) in [5.74, 6) is 0.130. The van der Waals surface area contributed by atoms with Gasteiger partial charge in [0.1, 0.15) is 11.7 Å². The van der Waals surface area contributed by atoms with Crippen LogP contribution in [0.5, 0.6) is 0 Å². The number of likely N-dealkylation sites (tertiary alicyclic amines) is 1. The minimum Gasteiger partial charge on any atom is -0.334 e. The first-order chi connectivity index (χ1) is 13.8. The predicted octanol–water partition coefficient (Wildman–Crippen LogP) is 3.47. The number of rotatable bonds is 3. The standard InChI is InChI=1S/C21H25FN5OP/c1-4-15-5-6-16(7-13(15)2)19(28)26-10-17(9-21(22,29)11-26)18-8-14(3)25-20-23-12-24-27(18)20/h5-8,12,17H,4,9-11,29H2,1-3H3. The molecular formula is C21H25FN5OP. The molecule has 3 atom stereocenters. The second-order valence-corrected chi connectivity index (χ2v) is 8.95. The first kappa shape index (κ1) is 19.9. The highest BCUT2D eigenvalue weighted by Gasteiger charge is 2.40. The first-order valence-electron chi connectivity index (χ1n) is 9.81. The van der Waals surface area contributed by atoms with Crippen molar-refractivity contribution in [3.63, 3.8) is 0 Å². The van der Waals surface area contributed by atoms with Crippen LogP contribution in [-0.4, -0.2) is 48.9 Å². The summed E-state index contributed by atoms with van der Waals surface area (Å²) in [4.78, 5) is 23.3. The number of hydrogen-bond acceptors (Lipinski definition) is 4. The van der Waals surface area contributed by atoms with Gasteiger partial charge in [0.2, 0.25) is 0 Å². The highest BCUT2D eigenvalue weighted by Crippen LogP contribution is 2.39. The van der Waals surface area contributed by atoms with Crippen LogP contribution in [0.4, 0.5) is 4.39 Å². The molecule has 3 unspecified atom stereocenters. The molecule has 152 valence electrons. The Bertz CT molecular complexity index is 1080. The van der Waals surface area contributed by atoms with Gasteiger partial charge in [0, 0.05) is 23.7 Å². The van der Waals surface area contributed by atoms with Gasteiger partial charge in [0.25, 0.3) is 11.7 Å². The lowest BCUT2D eigenvalue weighted by molar-refractivity contribution is 0.0543. The van der Waals surface area contributed by atoms with Crippen molar-refractivity contribution in [2.75, 3.05) is 13.1 Å². The molecule has 1 aromatic carbocycles. The van der Waals surface area contributed by atoms with Gasteiger partial charge in [-0.25, -0.2) is 13.9 Å². The van der Waals surface area contributed by atoms with Crippen molar-refractivity contribution in [2.24, 2.45) is 0 Å². The molecule has 2 aromatic heterocycles. The second kappa shape index (κ2) is 7.45. The highest BCUT2D eigenvalue weighted by atomic mass is 31.0. The number of carbonyl (C=O) groups excluding carboxylic acids is 1. The fraction of sp³-hybridized carbons (Fsp3) is 0.429. The van der Waals surface area contributed by atoms with Crippen LogP contribution >= 0.6 is 9.24 Å². The van der Waals surface area contributed by atoms with Gasteiger partial charge in [-0.3, -0.25) is 4.79 Å². The minimum absolute atomic E-state index is 0.0478. The average molecular weight is 413 g/mol. The van der Waals surface area contributed by atoms with Gasteiger partial charge in [0.15, 0.2) is 0 Å². The summed E-state index contributed by atoms with van der Waals surface area (Å²) in [6.07, 6.45) is 2.65. The number of halogens is 1. The van der Waals surface area contributed by atoms with E-state index < -0.39 is 5.41 Å². The van der Waals surface area contributed by atoms with Gasteiger partial charge in [-0.1, -0.05) is 22.2 Å². The van der Waals surface area contributed by atoms with Crippen molar-refractivity contribution >= 4 is 20.9 Å². The third-order valence-corrected chi connectivity index (χ3v) is 5.98. The zero-order valence-corrected chi connectivity index (χ0v) is 18.0. The number of hydrogen-bond donors (Lipinski definition) is 0. The van der Waals surface area contributed by atoms with Crippen molar-refractivity contribution in [1.29, 1.82) is 0 Å². The van der Waals surface area contributed by atoms with Crippen molar-refractivity contribution < 1.29 is 9.18 Å². The summed E-state index contributed by atoms with van der Waals surface area (Å²) in [5.41, 5.74) is 4.51. The van der Waals surface area contributed by atoms with Gasteiger partial charge >= 0.3 is 0 Å². The van der Waals surface area contributed by atoms with E-state index >= 15 is 4.39 Å². The van der Waals surface area contributed by atoms with Gasteiger partial charge < -0.3 is 4.90 Å². The number of nitrogens with zero attached hydrogens (tertiary/aromatic N) is 5. The Morgan fingerprint density at radius 3 is 2.86 bits per heavy atom. The summed E-state index contributed by atoms with van der Waals surface area (Å²) in [7, 11) is 2.29. The van der Waals surface area contributed by atoms with Crippen molar-refractivity contribution in [1.82, 2.24) is 24.5 Å². The van der Waals surface area contributed by atoms with Crippen LogP contribution in [0.15, 0.2) is 30.6 Å². The maximum atomic E-state index is 15.3. The maximum absolute atomic E-state index is 15.3. The normalized spacial score (nSPS) is 22.2. The van der Waals surface area contributed by atoms with Crippen molar-refractivity contribution in [3.05, 3.63) is 58.7 Å². The number of fused-ring (bicyclic) bond motifs is 1. The van der Waals surface area contributed by atoms with E-state index in [2.05, 4.69) is 31.2 Å². The smallest absolute Gasteiger partial charge is 0.254 e. The molecule has 1 saturated heterocycles. The molecule has 4 rings (SSSR count). The zero-order valence-electron chi connectivity index (χ0n) is 16.9. The molecule has 3 aromatic rings. The van der Waals surface area contributed by atoms with Crippen LogP contribution in [0.3, 0.4) is 0 Å². The lowest BCUT2D eigenvalue weighted by atomic mass is 9.91. The second-order valence-electron chi connectivity index (χ2n) is 7.91. The van der Waals surface area contributed by atoms with E-state index in [1.54, 1.807) is 9.42 Å². The summed E-state index contributed by atoms with van der Waals surface area (Å²) in [6.45, 7) is 6.45. The lowest BCUT2D eigenvalue weighted by Crippen LogP contribution is -2.48. The Hall–Kier alpha value is -2.40. The fourth-order valence-corrected chi connectivity index (χ4v) is 4.70. The SMILES string of the molecule is CCc1ccc(C(=O)N2CC(c3cc(C)nc4ncnn34)CC(F)(P)C2)cc1C. The Labute approximate surface area is 171 Å². The molecule has 8 heteroatoms. The van der Waals surface area contributed by atoms with Crippen LogP contribution in [0.2, 0.25) is 0 Å². The monoisotopic (exact) mass is 413 g/mol. The quantitative estimate of drug-likeness (QED) is 0.617. The summed E-state index contributed by atoms with van der Waals surface area (Å²) in [6, 6.07) is 7.63. The molecule has 0 bridgehead atoms. The first-order valence-corrected chi connectivity index (χ1v) is 10.4. The molecule has 0 aliphatic carbocycles. The molecule has 0 radical (unpaired) electrons. The van der Waals surface area contributed by atoms with Gasteiger partial charge in [0.05, 0.1) is 12.2 Å². The van der Waals surface area contributed by atoms with Crippen LogP contribution < -0.4 is 0 Å². The summed E-state index contributed by atoms with van der Waals surface area (Å²) in [5, 5.41) is 2.68. The number of piperidine rings is 1. The fourth-order valence-electron chi connectivity index (χ4n) is 4.20. The Kier molecular flexibility index (Phi) is 5.11. The number of alkyl halides is 1. The van der Waals surface area contributed by atoms with Crippen molar-refractivity contribution in [3.8, 4) is 0 Å². The topological polar surface area (TPSA) is 63.4 Å². The number of carbonyl (C=O) groups is 1. The third kappa shape index (κ3) is 3.88. The number of amides is 1. The molecule has 0 N–H and O–H groups in total. The molecule has 6 nitrogen and oxygen atoms in total. The largest absolute Gasteiger partial charge is 0.334 e. The molecule has 1 aliphatic heterocycles. The maximum Gasteiger partial charge on any atom is 0.254 e. The Balaban J connectivity index is 1.68. The average Bonchev–Trinajstić information content (AvgIpc) is 3.13. The molecule has 29 heavy (non-hydrogen) atoms. The number of benzene rings is 1. The van der Waals surface area contributed by atoms with Crippen LogP contribution in [0, 0.1) is 13.8 Å². The molecular weight excluding hydrogens is 388 g/mol. The van der Waals surface area contributed by atoms with Gasteiger partial charge in [-0.15, -0.1) is 0 Å². The Morgan fingerprint density at radius 1 is 1.34 bits per heavy atom. The minimum atomic E-state index is -1.57. The van der Waals surface area contributed by atoms with E-state index in [1.807, 2.05) is 38.1 Å². The lowest BCUT2D eigenvalue weighted by Gasteiger charge is -2.40. The van der Waals surface area contributed by atoms with E-state index in [0.29, 0.717) is 17.9 Å². The van der Waals surface area contributed by atoms with E-state index in [-0.39, 0.29) is 24.8 Å². The van der Waals surface area contributed by atoms with Crippen LogP contribution in [-0.2, 0) is 6.42 Å². The highest BCUT2D eigenvalue weighted by molar-refractivity contribution is 7.18. The van der Waals surface area contributed by atoms with Gasteiger partial charge in [-0.2, -0.15) is 10.1 Å². The van der Waals surface area contributed by atoms with E-state index in [1.165, 1.54) is 11.9 Å². The van der Waals surface area contributed by atoms with E-state index in [4.69, 9.17) is 0 Å². The summed E-state index contributed by atoms with van der Waals surface area (Å²) < 4.78 is 16.9. The number of aryl methyl sites for hydroxylation is 3. The van der Waals surface area contributed by atoms with Crippen molar-refractivity contribution in [2.45, 2.75) is 44.9 Å². The molecule has 0 saturated carbocycles. The Morgan fingerprint density at radius 2 is 2.14 bits per heavy atom. The molecule has 1 amide bonds. The summed E-state index contributed by atoms with van der Waals surface area (Å²) >= 11 is 0. The molecule has 3 heterocycles. The van der Waals surface area contributed by atoms with E-state index in [9.17, 15) is 4.79 Å². The zero-order chi connectivity index (χ0) is 20.8. The molecule has 1 aliphatic rings. The number of aromatic nitrogens is 4. The predicted molar refractivity (Wildman–Crippen MR) is 113 cm³/mol. The molecule has 0 spiro atoms. The third-order valence-electron chi connectivity index (χ3n) is 5.56. The van der Waals surface area contributed by atoms with Gasteiger partial charge in [-0.05, 0) is 56.0 Å². The van der Waals surface area contributed by atoms with Crippen LogP contribution in [0.1, 0.15) is 52.1 Å².